The number of morpholine rings is 1. The van der Waals surface area contributed by atoms with E-state index in [2.05, 4.69) is 14.9 Å². The van der Waals surface area contributed by atoms with Crippen LogP contribution in [0, 0.1) is 13.8 Å². The zero-order chi connectivity index (χ0) is 23.8. The average Bonchev–Trinajstić information content (AvgIpc) is 3.33. The van der Waals surface area contributed by atoms with Crippen molar-refractivity contribution in [1.82, 2.24) is 24.2 Å². The maximum atomic E-state index is 13.3. The minimum absolute atomic E-state index is 0.0737. The highest BCUT2D eigenvalue weighted by molar-refractivity contribution is 6.46. The minimum atomic E-state index is -0.709. The highest BCUT2D eigenvalue weighted by Crippen LogP contribution is 2.39. The number of ether oxygens (including phenoxy) is 1. The third kappa shape index (κ3) is 3.76. The van der Waals surface area contributed by atoms with Gasteiger partial charge in [-0.2, -0.15) is 0 Å². The number of rotatable bonds is 5. The number of carbonyl (C=O) groups is 2. The maximum absolute atomic E-state index is 13.3. The second-order valence-corrected chi connectivity index (χ2v) is 8.66. The highest BCUT2D eigenvalue weighted by atomic mass is 16.5. The van der Waals surface area contributed by atoms with Gasteiger partial charge in [-0.25, -0.2) is 4.98 Å². The number of pyridine rings is 2. The van der Waals surface area contributed by atoms with Crippen molar-refractivity contribution in [2.75, 3.05) is 39.4 Å². The Bertz CT molecular complexity index is 1280. The molecule has 2 aliphatic rings. The molecule has 5 heterocycles. The van der Waals surface area contributed by atoms with Crippen LogP contribution < -0.4 is 0 Å². The van der Waals surface area contributed by atoms with Gasteiger partial charge < -0.3 is 14.7 Å². The normalized spacial score (nSPS) is 21.0. The van der Waals surface area contributed by atoms with Gasteiger partial charge in [-0.3, -0.25) is 23.9 Å². The van der Waals surface area contributed by atoms with Crippen molar-refractivity contribution in [2.24, 2.45) is 0 Å². The van der Waals surface area contributed by atoms with Crippen LogP contribution in [0.25, 0.3) is 11.4 Å². The molecule has 1 N–H and O–H groups in total. The molecule has 0 aromatic carbocycles. The predicted octanol–water partition coefficient (Wildman–Crippen LogP) is 2.10. The van der Waals surface area contributed by atoms with E-state index in [1.807, 2.05) is 19.1 Å². The lowest BCUT2D eigenvalue weighted by Crippen LogP contribution is -2.42. The van der Waals surface area contributed by atoms with E-state index in [1.165, 1.54) is 0 Å². The molecule has 2 aliphatic heterocycles. The minimum Gasteiger partial charge on any atom is -0.505 e. The van der Waals surface area contributed by atoms with Gasteiger partial charge >= 0.3 is 0 Å². The van der Waals surface area contributed by atoms with Gasteiger partial charge in [-0.1, -0.05) is 6.07 Å². The molecule has 0 bridgehead atoms. The zero-order valence-electron chi connectivity index (χ0n) is 19.3. The third-order valence-electron chi connectivity index (χ3n) is 6.57. The number of Topliss-reactive ketones (excluding diaryl/α,β-unsaturated/α-hetero) is 1. The van der Waals surface area contributed by atoms with Gasteiger partial charge in [0.05, 0.1) is 30.5 Å². The monoisotopic (exact) mass is 461 g/mol. The summed E-state index contributed by atoms with van der Waals surface area (Å²) < 4.78 is 7.18. The largest absolute Gasteiger partial charge is 0.505 e. The second kappa shape index (κ2) is 9.00. The lowest BCUT2D eigenvalue weighted by Gasteiger charge is -2.30. The lowest BCUT2D eigenvalue weighted by molar-refractivity contribution is -0.140. The number of aryl methyl sites for hydroxylation is 2. The highest BCUT2D eigenvalue weighted by Gasteiger charge is 2.46. The van der Waals surface area contributed by atoms with Crippen molar-refractivity contribution in [3.05, 3.63) is 70.9 Å². The summed E-state index contributed by atoms with van der Waals surface area (Å²) >= 11 is 0. The van der Waals surface area contributed by atoms with Crippen LogP contribution in [0.4, 0.5) is 0 Å². The van der Waals surface area contributed by atoms with Crippen molar-refractivity contribution < 1.29 is 19.4 Å². The topological polar surface area (TPSA) is 100 Å². The van der Waals surface area contributed by atoms with Gasteiger partial charge in [-0.15, -0.1) is 0 Å². The van der Waals surface area contributed by atoms with E-state index in [0.717, 1.165) is 24.2 Å². The summed E-state index contributed by atoms with van der Waals surface area (Å²) in [7, 11) is 0. The summed E-state index contributed by atoms with van der Waals surface area (Å²) in [5.41, 5.74) is 3.44. The summed E-state index contributed by atoms with van der Waals surface area (Å²) in [6, 6.07) is 6.64. The fourth-order valence-corrected chi connectivity index (χ4v) is 4.81. The quantitative estimate of drug-likeness (QED) is 0.353. The number of nitrogens with zero attached hydrogens (tertiary/aromatic N) is 5. The van der Waals surface area contributed by atoms with E-state index in [9.17, 15) is 14.7 Å². The van der Waals surface area contributed by atoms with E-state index >= 15 is 0 Å². The molecule has 9 nitrogen and oxygen atoms in total. The van der Waals surface area contributed by atoms with Crippen LogP contribution in [0.5, 0.6) is 0 Å². The summed E-state index contributed by atoms with van der Waals surface area (Å²) in [5, 5.41) is 11.5. The molecule has 0 aliphatic carbocycles. The fraction of sp³-hybridized carbons (Fsp3) is 0.360. The SMILES string of the molecule is Cc1nc2c(C)cccn2c1/C(O)=C1\C(=O)C(=O)N(CCN2CCOCC2)[C@@H]1c1ccncc1. The molecule has 3 aromatic rings. The summed E-state index contributed by atoms with van der Waals surface area (Å²) in [5.74, 6) is -1.52. The molecular weight excluding hydrogens is 434 g/mol. The molecular formula is C25H27N5O4. The van der Waals surface area contributed by atoms with Crippen LogP contribution >= 0.6 is 0 Å². The molecule has 1 amide bonds. The van der Waals surface area contributed by atoms with Crippen molar-refractivity contribution >= 4 is 23.1 Å². The maximum Gasteiger partial charge on any atom is 0.295 e. The van der Waals surface area contributed by atoms with Crippen LogP contribution in [-0.4, -0.2) is 80.4 Å². The summed E-state index contributed by atoms with van der Waals surface area (Å²) in [4.78, 5) is 39.0. The summed E-state index contributed by atoms with van der Waals surface area (Å²) in [6.45, 7) is 7.57. The third-order valence-corrected chi connectivity index (χ3v) is 6.57. The number of imidazole rings is 1. The Hall–Kier alpha value is -3.56. The molecule has 0 saturated carbocycles. The number of hydrogen-bond donors (Lipinski definition) is 1. The molecule has 0 radical (unpaired) electrons. The molecule has 34 heavy (non-hydrogen) atoms. The first-order valence-electron chi connectivity index (χ1n) is 11.4. The molecule has 1 atom stereocenters. The first-order valence-corrected chi connectivity index (χ1v) is 11.4. The predicted molar refractivity (Wildman–Crippen MR) is 125 cm³/mol. The van der Waals surface area contributed by atoms with Crippen molar-refractivity contribution in [2.45, 2.75) is 19.9 Å². The van der Waals surface area contributed by atoms with Crippen LogP contribution in [-0.2, 0) is 14.3 Å². The van der Waals surface area contributed by atoms with Gasteiger partial charge in [0.1, 0.15) is 11.3 Å². The molecule has 3 aromatic heterocycles. The van der Waals surface area contributed by atoms with E-state index in [0.29, 0.717) is 43.3 Å². The Balaban J connectivity index is 1.61. The number of amides is 1. The number of aromatic nitrogens is 3. The Labute approximate surface area is 197 Å². The first kappa shape index (κ1) is 22.2. The average molecular weight is 462 g/mol. The van der Waals surface area contributed by atoms with Crippen LogP contribution in [0.2, 0.25) is 0 Å². The van der Waals surface area contributed by atoms with E-state index in [-0.39, 0.29) is 11.3 Å². The standard InChI is InChI=1S/C25H27N5O4/c1-16-4-3-9-29-20(17(2)27-24(16)29)22(31)19-21(18-5-7-26-8-6-18)30(25(33)23(19)32)11-10-28-12-14-34-15-13-28/h3-9,21,31H,10-15H2,1-2H3/b22-19+/t21-/m1/s1. The molecule has 176 valence electrons. The van der Waals surface area contributed by atoms with Crippen molar-refractivity contribution in [3.63, 3.8) is 0 Å². The van der Waals surface area contributed by atoms with E-state index in [4.69, 9.17) is 4.74 Å². The molecule has 0 spiro atoms. The van der Waals surface area contributed by atoms with Crippen LogP contribution in [0.3, 0.4) is 0 Å². The number of carbonyl (C=O) groups excluding carboxylic acids is 2. The van der Waals surface area contributed by atoms with Crippen LogP contribution in [0.1, 0.15) is 28.6 Å². The molecule has 0 unspecified atom stereocenters. The molecule has 5 rings (SSSR count). The van der Waals surface area contributed by atoms with Crippen LogP contribution in [0.15, 0.2) is 48.4 Å². The van der Waals surface area contributed by atoms with Crippen molar-refractivity contribution in [3.8, 4) is 0 Å². The number of likely N-dealkylation sites (tertiary alicyclic amines) is 1. The molecule has 2 fully saturated rings. The Kier molecular flexibility index (Phi) is 5.89. The number of hydrogen-bond acceptors (Lipinski definition) is 7. The summed E-state index contributed by atoms with van der Waals surface area (Å²) in [6.07, 6.45) is 5.05. The Morgan fingerprint density at radius 1 is 1.12 bits per heavy atom. The van der Waals surface area contributed by atoms with Gasteiger partial charge in [0.15, 0.2) is 5.76 Å². The zero-order valence-corrected chi connectivity index (χ0v) is 19.3. The first-order chi connectivity index (χ1) is 16.5. The number of fused-ring (bicyclic) bond motifs is 1. The van der Waals surface area contributed by atoms with Gasteiger partial charge in [0, 0.05) is 44.8 Å². The van der Waals surface area contributed by atoms with E-state index < -0.39 is 17.7 Å². The second-order valence-electron chi connectivity index (χ2n) is 8.66. The van der Waals surface area contributed by atoms with Gasteiger partial charge in [0.2, 0.25) is 0 Å². The van der Waals surface area contributed by atoms with E-state index in [1.54, 1.807) is 46.9 Å². The Morgan fingerprint density at radius 3 is 2.59 bits per heavy atom. The fourth-order valence-electron chi connectivity index (χ4n) is 4.81. The molecule has 9 heteroatoms. The van der Waals surface area contributed by atoms with Gasteiger partial charge in [-0.05, 0) is 43.2 Å². The number of aliphatic hydroxyl groups is 1. The smallest absolute Gasteiger partial charge is 0.295 e. The number of aliphatic hydroxyl groups excluding tert-OH is 1. The lowest BCUT2D eigenvalue weighted by atomic mass is 9.97. The number of ketones is 1. The Morgan fingerprint density at radius 2 is 1.85 bits per heavy atom. The van der Waals surface area contributed by atoms with Crippen molar-refractivity contribution in [1.29, 1.82) is 0 Å². The van der Waals surface area contributed by atoms with Gasteiger partial charge in [0.25, 0.3) is 11.7 Å². The molecule has 2 saturated heterocycles.